The number of aromatic nitrogens is 1. The Bertz CT molecular complexity index is 1230. The van der Waals surface area contributed by atoms with Gasteiger partial charge in [0.15, 0.2) is 0 Å². The van der Waals surface area contributed by atoms with Gasteiger partial charge in [0, 0.05) is 38.7 Å². The molecule has 0 unspecified atom stereocenters. The van der Waals surface area contributed by atoms with E-state index in [1.54, 1.807) is 12.1 Å². The first-order valence-corrected chi connectivity index (χ1v) is 11.0. The Balaban J connectivity index is 1.64. The molecule has 0 aliphatic rings. The zero-order chi connectivity index (χ0) is 21.8. The Morgan fingerprint density at radius 1 is 1.00 bits per heavy atom. The Hall–Kier alpha value is -3.36. The van der Waals surface area contributed by atoms with Gasteiger partial charge in [0.05, 0.1) is 16.3 Å². The molecule has 1 aromatic heterocycles. The fourth-order valence-electron chi connectivity index (χ4n) is 2.93. The average Bonchev–Trinajstić information content (AvgIpc) is 3.25. The second-order valence-electron chi connectivity index (χ2n) is 6.79. The van der Waals surface area contributed by atoms with Crippen molar-refractivity contribution in [3.8, 4) is 11.3 Å². The van der Waals surface area contributed by atoms with Crippen molar-refractivity contribution >= 4 is 43.8 Å². The highest BCUT2D eigenvalue weighted by Gasteiger charge is 2.11. The Morgan fingerprint density at radius 3 is 2.23 bits per heavy atom. The monoisotopic (exact) mass is 492 g/mol. The zero-order valence-corrected chi connectivity index (χ0v) is 18.9. The summed E-state index contributed by atoms with van der Waals surface area (Å²) in [7, 11) is 0. The summed E-state index contributed by atoms with van der Waals surface area (Å²) < 4.78 is 1.01. The second kappa shape index (κ2) is 9.20. The number of anilines is 1. The van der Waals surface area contributed by atoms with Crippen LogP contribution in [0.1, 0.15) is 16.7 Å². The van der Waals surface area contributed by atoms with Gasteiger partial charge in [-0.25, -0.2) is 4.98 Å². The van der Waals surface area contributed by atoms with E-state index in [1.165, 1.54) is 23.5 Å². The number of rotatable bonds is 6. The highest BCUT2D eigenvalue weighted by atomic mass is 79.9. The van der Waals surface area contributed by atoms with Gasteiger partial charge < -0.3 is 0 Å². The van der Waals surface area contributed by atoms with Gasteiger partial charge in [-0.1, -0.05) is 57.9 Å². The number of thiazole rings is 1. The molecule has 4 rings (SSSR count). The van der Waals surface area contributed by atoms with Crippen LogP contribution in [0.2, 0.25) is 0 Å². The second-order valence-corrected chi connectivity index (χ2v) is 8.56. The van der Waals surface area contributed by atoms with E-state index >= 15 is 0 Å². The molecule has 1 N–H and O–H groups in total. The van der Waals surface area contributed by atoms with Crippen molar-refractivity contribution in [2.24, 2.45) is 5.10 Å². The largest absolute Gasteiger partial charge is 0.269 e. The van der Waals surface area contributed by atoms with Gasteiger partial charge >= 0.3 is 0 Å². The van der Waals surface area contributed by atoms with Gasteiger partial charge in [-0.2, -0.15) is 5.10 Å². The average molecular weight is 493 g/mol. The lowest BCUT2D eigenvalue weighted by Crippen LogP contribution is -2.07. The first-order valence-electron chi connectivity index (χ1n) is 9.36. The fraction of sp³-hybridized carbons (Fsp3) is 0.0435. The van der Waals surface area contributed by atoms with Gasteiger partial charge in [-0.15, -0.1) is 11.3 Å². The first kappa shape index (κ1) is 20.9. The predicted octanol–water partition coefficient (Wildman–Crippen LogP) is 6.65. The van der Waals surface area contributed by atoms with Crippen LogP contribution >= 0.6 is 27.3 Å². The van der Waals surface area contributed by atoms with Crippen molar-refractivity contribution < 1.29 is 4.92 Å². The van der Waals surface area contributed by atoms with Crippen LogP contribution in [0, 0.1) is 17.0 Å². The third-order valence-electron chi connectivity index (χ3n) is 4.58. The standard InChI is InChI=1S/C23H17BrN4O2S/c1-15-2-4-17(5-3-15)22(18-8-12-20(13-9-18)28(29)30)26-27-23-25-21(14-31-23)16-6-10-19(24)11-7-16/h2-14H,1H3,(H,25,27). The summed E-state index contributed by atoms with van der Waals surface area (Å²) >= 11 is 4.90. The minimum Gasteiger partial charge on any atom is -0.258 e. The molecule has 0 fully saturated rings. The van der Waals surface area contributed by atoms with E-state index in [9.17, 15) is 10.1 Å². The number of aryl methyl sites for hydroxylation is 1. The summed E-state index contributed by atoms with van der Waals surface area (Å²) in [6, 6.07) is 22.3. The molecule has 0 saturated heterocycles. The molecule has 0 atom stereocenters. The van der Waals surface area contributed by atoms with Gasteiger partial charge in [-0.05, 0) is 31.2 Å². The van der Waals surface area contributed by atoms with Crippen molar-refractivity contribution in [2.75, 3.05) is 5.43 Å². The maximum absolute atomic E-state index is 11.0. The molecule has 3 aromatic carbocycles. The number of hydrogen-bond donors (Lipinski definition) is 1. The third kappa shape index (κ3) is 5.04. The number of nitro benzene ring substituents is 1. The van der Waals surface area contributed by atoms with Crippen LogP contribution in [0.25, 0.3) is 11.3 Å². The summed E-state index contributed by atoms with van der Waals surface area (Å²) in [6.07, 6.45) is 0. The number of nitro groups is 1. The molecule has 0 amide bonds. The predicted molar refractivity (Wildman–Crippen MR) is 129 cm³/mol. The topological polar surface area (TPSA) is 80.4 Å². The number of non-ortho nitro benzene ring substituents is 1. The lowest BCUT2D eigenvalue weighted by molar-refractivity contribution is -0.384. The van der Waals surface area contributed by atoms with Crippen molar-refractivity contribution in [3.63, 3.8) is 0 Å². The summed E-state index contributed by atoms with van der Waals surface area (Å²) in [4.78, 5) is 15.2. The molecule has 0 aliphatic carbocycles. The van der Waals surface area contributed by atoms with Crippen LogP contribution in [0.4, 0.5) is 10.8 Å². The van der Waals surface area contributed by atoms with Gasteiger partial charge in [0.2, 0.25) is 5.13 Å². The van der Waals surface area contributed by atoms with Crippen LogP contribution in [0.5, 0.6) is 0 Å². The highest BCUT2D eigenvalue weighted by molar-refractivity contribution is 9.10. The molecule has 8 heteroatoms. The van der Waals surface area contributed by atoms with Crippen molar-refractivity contribution in [1.29, 1.82) is 0 Å². The first-order chi connectivity index (χ1) is 15.0. The number of hydrogen-bond acceptors (Lipinski definition) is 6. The van der Waals surface area contributed by atoms with Crippen LogP contribution < -0.4 is 5.43 Å². The zero-order valence-electron chi connectivity index (χ0n) is 16.4. The smallest absolute Gasteiger partial charge is 0.258 e. The number of benzene rings is 3. The van der Waals surface area contributed by atoms with E-state index in [4.69, 9.17) is 0 Å². The van der Waals surface area contributed by atoms with E-state index in [-0.39, 0.29) is 5.69 Å². The Kier molecular flexibility index (Phi) is 6.20. The van der Waals surface area contributed by atoms with Crippen molar-refractivity contribution in [3.05, 3.63) is 109 Å². The van der Waals surface area contributed by atoms with Gasteiger partial charge in [0.25, 0.3) is 5.69 Å². The molecular formula is C23H17BrN4O2S. The maximum atomic E-state index is 11.0. The van der Waals surface area contributed by atoms with Gasteiger partial charge in [-0.3, -0.25) is 15.5 Å². The van der Waals surface area contributed by atoms with Crippen LogP contribution in [0.15, 0.2) is 87.8 Å². The Morgan fingerprint density at radius 2 is 1.61 bits per heavy atom. The summed E-state index contributed by atoms with van der Waals surface area (Å²) in [5, 5.41) is 18.2. The third-order valence-corrected chi connectivity index (χ3v) is 5.86. The number of nitrogens with one attached hydrogen (secondary N) is 1. The van der Waals surface area contributed by atoms with E-state index in [0.717, 1.165) is 32.4 Å². The molecule has 31 heavy (non-hydrogen) atoms. The molecular weight excluding hydrogens is 476 g/mol. The van der Waals surface area contributed by atoms with E-state index in [0.29, 0.717) is 10.8 Å². The summed E-state index contributed by atoms with van der Waals surface area (Å²) in [6.45, 7) is 2.02. The minimum atomic E-state index is -0.413. The van der Waals surface area contributed by atoms with E-state index in [1.807, 2.05) is 60.8 Å². The SMILES string of the molecule is Cc1ccc(C(=NNc2nc(-c3ccc(Br)cc3)cs2)c2ccc([N+](=O)[O-])cc2)cc1. The molecule has 154 valence electrons. The molecule has 0 spiro atoms. The van der Waals surface area contributed by atoms with Crippen LogP contribution in [-0.4, -0.2) is 15.6 Å². The number of nitrogens with zero attached hydrogens (tertiary/aromatic N) is 3. The summed E-state index contributed by atoms with van der Waals surface area (Å²) in [5.74, 6) is 0. The van der Waals surface area contributed by atoms with E-state index < -0.39 is 4.92 Å². The molecule has 4 aromatic rings. The normalized spacial score (nSPS) is 11.4. The fourth-order valence-corrected chi connectivity index (χ4v) is 3.86. The van der Waals surface area contributed by atoms with Crippen molar-refractivity contribution in [1.82, 2.24) is 4.98 Å². The maximum Gasteiger partial charge on any atom is 0.269 e. The molecule has 1 heterocycles. The molecule has 6 nitrogen and oxygen atoms in total. The number of hydrazone groups is 1. The molecule has 0 saturated carbocycles. The Labute approximate surface area is 191 Å². The molecule has 0 radical (unpaired) electrons. The van der Waals surface area contributed by atoms with E-state index in [2.05, 4.69) is 31.4 Å². The summed E-state index contributed by atoms with van der Waals surface area (Å²) in [5.41, 5.74) is 8.45. The highest BCUT2D eigenvalue weighted by Crippen LogP contribution is 2.26. The quantitative estimate of drug-likeness (QED) is 0.185. The van der Waals surface area contributed by atoms with Crippen LogP contribution in [0.3, 0.4) is 0 Å². The minimum absolute atomic E-state index is 0.0408. The van der Waals surface area contributed by atoms with Crippen LogP contribution in [-0.2, 0) is 0 Å². The van der Waals surface area contributed by atoms with Crippen molar-refractivity contribution in [2.45, 2.75) is 6.92 Å². The lowest BCUT2D eigenvalue weighted by Gasteiger charge is -2.08. The molecule has 0 bridgehead atoms. The lowest BCUT2D eigenvalue weighted by atomic mass is 10.0. The molecule has 0 aliphatic heterocycles. The van der Waals surface area contributed by atoms with Gasteiger partial charge in [0.1, 0.15) is 0 Å². The number of halogens is 1.